The van der Waals surface area contributed by atoms with Crippen molar-refractivity contribution in [2.45, 2.75) is 89.8 Å². The standard InChI is InChI=1S/C22H35NO5/c1-2-3-4-5-6-7-9-16(24)11-12-17-18-14-20(19(18)15-21(17)25)23-28-13-8-10-22(26)27/h16-18,21,23-25H,2-10,13-15H2,1H3,(H,26,27). The fourth-order valence-corrected chi connectivity index (χ4v) is 3.93. The topological polar surface area (TPSA) is 99.0 Å². The van der Waals surface area contributed by atoms with Gasteiger partial charge in [0.25, 0.3) is 0 Å². The fourth-order valence-electron chi connectivity index (χ4n) is 3.93. The molecular weight excluding hydrogens is 358 g/mol. The monoisotopic (exact) mass is 393 g/mol. The summed E-state index contributed by atoms with van der Waals surface area (Å²) in [5, 5.41) is 29.0. The molecule has 0 aliphatic heterocycles. The average Bonchev–Trinajstić information content (AvgIpc) is 2.89. The lowest BCUT2D eigenvalue weighted by Crippen LogP contribution is -2.30. The van der Waals surface area contributed by atoms with Gasteiger partial charge in [-0.3, -0.25) is 15.1 Å². The molecule has 0 aromatic carbocycles. The van der Waals surface area contributed by atoms with Gasteiger partial charge in [0.1, 0.15) is 6.10 Å². The Labute approximate surface area is 168 Å². The third-order valence-electron chi connectivity index (χ3n) is 5.62. The van der Waals surface area contributed by atoms with Crippen LogP contribution in [0.1, 0.15) is 77.6 Å². The van der Waals surface area contributed by atoms with Crippen LogP contribution in [0.3, 0.4) is 0 Å². The number of nitrogens with one attached hydrogen (secondary N) is 1. The fraction of sp³-hybridized carbons (Fsp3) is 0.773. The summed E-state index contributed by atoms with van der Waals surface area (Å²) in [6.45, 7) is 2.54. The summed E-state index contributed by atoms with van der Waals surface area (Å²) >= 11 is 0. The van der Waals surface area contributed by atoms with Crippen LogP contribution < -0.4 is 5.48 Å². The quantitative estimate of drug-likeness (QED) is 0.218. The summed E-state index contributed by atoms with van der Waals surface area (Å²) in [5.74, 6) is 5.34. The predicted molar refractivity (Wildman–Crippen MR) is 107 cm³/mol. The maximum absolute atomic E-state index is 10.5. The van der Waals surface area contributed by atoms with Gasteiger partial charge in [0.15, 0.2) is 0 Å². The highest BCUT2D eigenvalue weighted by molar-refractivity contribution is 5.66. The second-order valence-corrected chi connectivity index (χ2v) is 7.92. The van der Waals surface area contributed by atoms with Crippen molar-refractivity contribution in [2.75, 3.05) is 6.61 Å². The molecule has 2 aliphatic rings. The minimum Gasteiger partial charge on any atom is -0.481 e. The van der Waals surface area contributed by atoms with Crippen LogP contribution >= 0.6 is 0 Å². The number of carboxylic acids is 1. The Hall–Kier alpha value is -1.55. The van der Waals surface area contributed by atoms with Gasteiger partial charge in [-0.05, 0) is 37.7 Å². The molecular formula is C22H35NO5. The molecule has 4 unspecified atom stereocenters. The maximum Gasteiger partial charge on any atom is 0.303 e. The second kappa shape index (κ2) is 12.1. The molecule has 158 valence electrons. The van der Waals surface area contributed by atoms with Crippen LogP contribution in [-0.2, 0) is 9.63 Å². The van der Waals surface area contributed by atoms with Crippen LogP contribution in [0.5, 0.6) is 0 Å². The van der Waals surface area contributed by atoms with Crippen LogP contribution in [0.4, 0.5) is 0 Å². The molecule has 0 heterocycles. The lowest BCUT2D eigenvalue weighted by molar-refractivity contribution is -0.137. The number of carboxylic acid groups (broad SMARTS) is 1. The number of unbranched alkanes of at least 4 members (excludes halogenated alkanes) is 5. The smallest absolute Gasteiger partial charge is 0.303 e. The molecule has 4 N–H and O–H groups in total. The minimum absolute atomic E-state index is 0.0909. The van der Waals surface area contributed by atoms with E-state index in [0.717, 1.165) is 30.5 Å². The zero-order valence-corrected chi connectivity index (χ0v) is 17.0. The van der Waals surface area contributed by atoms with E-state index in [9.17, 15) is 15.0 Å². The molecule has 1 saturated carbocycles. The molecule has 0 bridgehead atoms. The molecule has 0 aromatic rings. The number of carbonyl (C=O) groups is 1. The zero-order chi connectivity index (χ0) is 20.4. The van der Waals surface area contributed by atoms with Crippen LogP contribution in [-0.4, -0.2) is 40.1 Å². The summed E-state index contributed by atoms with van der Waals surface area (Å²) in [5.41, 5.74) is 5.03. The van der Waals surface area contributed by atoms with E-state index in [-0.39, 0.29) is 18.3 Å². The molecule has 1 fully saturated rings. The number of hydrogen-bond acceptors (Lipinski definition) is 5. The molecule has 6 nitrogen and oxygen atoms in total. The SMILES string of the molecule is CCCCCCCCC(O)C#CC1C(O)CC2=C(NOCCCC(=O)O)CC21. The van der Waals surface area contributed by atoms with Crippen LogP contribution in [0.2, 0.25) is 0 Å². The van der Waals surface area contributed by atoms with Crippen molar-refractivity contribution in [3.63, 3.8) is 0 Å². The minimum atomic E-state index is -0.826. The first-order valence-electron chi connectivity index (χ1n) is 10.7. The van der Waals surface area contributed by atoms with Crippen LogP contribution in [0, 0.1) is 23.7 Å². The van der Waals surface area contributed by atoms with Crippen molar-refractivity contribution in [3.8, 4) is 11.8 Å². The number of fused-ring (bicyclic) bond motifs is 1. The first-order chi connectivity index (χ1) is 13.5. The Balaban J connectivity index is 1.68. The van der Waals surface area contributed by atoms with Gasteiger partial charge in [-0.25, -0.2) is 0 Å². The van der Waals surface area contributed by atoms with Crippen molar-refractivity contribution in [3.05, 3.63) is 11.3 Å². The highest BCUT2D eigenvalue weighted by Gasteiger charge is 2.45. The van der Waals surface area contributed by atoms with E-state index in [2.05, 4.69) is 24.2 Å². The summed E-state index contributed by atoms with van der Waals surface area (Å²) < 4.78 is 0. The Morgan fingerprint density at radius 3 is 2.71 bits per heavy atom. The predicted octanol–water partition coefficient (Wildman–Crippen LogP) is 3.14. The van der Waals surface area contributed by atoms with Crippen LogP contribution in [0.15, 0.2) is 11.3 Å². The van der Waals surface area contributed by atoms with Crippen molar-refractivity contribution < 1.29 is 25.0 Å². The van der Waals surface area contributed by atoms with Crippen molar-refractivity contribution >= 4 is 5.97 Å². The average molecular weight is 394 g/mol. The molecule has 6 heteroatoms. The van der Waals surface area contributed by atoms with Gasteiger partial charge in [0.05, 0.1) is 18.6 Å². The lowest BCUT2D eigenvalue weighted by atomic mass is 9.79. The Bertz CT molecular complexity index is 591. The normalized spacial score (nSPS) is 24.2. The molecule has 0 spiro atoms. The largest absolute Gasteiger partial charge is 0.481 e. The molecule has 2 rings (SSSR count). The second-order valence-electron chi connectivity index (χ2n) is 7.92. The number of rotatable bonds is 13. The Morgan fingerprint density at radius 1 is 1.21 bits per heavy atom. The van der Waals surface area contributed by atoms with Gasteiger partial charge in [-0.2, -0.15) is 0 Å². The molecule has 2 aliphatic carbocycles. The van der Waals surface area contributed by atoms with E-state index in [1.165, 1.54) is 25.7 Å². The van der Waals surface area contributed by atoms with E-state index < -0.39 is 18.2 Å². The highest BCUT2D eigenvalue weighted by atomic mass is 16.6. The van der Waals surface area contributed by atoms with Gasteiger partial charge in [-0.15, -0.1) is 0 Å². The highest BCUT2D eigenvalue weighted by Crippen LogP contribution is 2.48. The lowest BCUT2D eigenvalue weighted by Gasteiger charge is -2.30. The number of aliphatic hydroxyl groups excluding tert-OH is 2. The van der Waals surface area contributed by atoms with Gasteiger partial charge < -0.3 is 15.3 Å². The first-order valence-corrected chi connectivity index (χ1v) is 10.7. The van der Waals surface area contributed by atoms with E-state index >= 15 is 0 Å². The molecule has 0 amide bonds. The molecule has 28 heavy (non-hydrogen) atoms. The summed E-state index contributed by atoms with van der Waals surface area (Å²) in [4.78, 5) is 15.8. The van der Waals surface area contributed by atoms with Gasteiger partial charge in [0, 0.05) is 18.0 Å². The van der Waals surface area contributed by atoms with E-state index in [1.54, 1.807) is 0 Å². The van der Waals surface area contributed by atoms with E-state index in [4.69, 9.17) is 9.94 Å². The van der Waals surface area contributed by atoms with Crippen molar-refractivity contribution in [2.24, 2.45) is 11.8 Å². The van der Waals surface area contributed by atoms with Gasteiger partial charge in [-0.1, -0.05) is 50.9 Å². The van der Waals surface area contributed by atoms with Crippen LogP contribution in [0.25, 0.3) is 0 Å². The third kappa shape index (κ3) is 7.12. The van der Waals surface area contributed by atoms with Gasteiger partial charge >= 0.3 is 5.97 Å². The Morgan fingerprint density at radius 2 is 1.96 bits per heavy atom. The molecule has 0 saturated heterocycles. The van der Waals surface area contributed by atoms with Crippen molar-refractivity contribution in [1.29, 1.82) is 0 Å². The van der Waals surface area contributed by atoms with E-state index in [0.29, 0.717) is 25.9 Å². The number of hydrogen-bond donors (Lipinski definition) is 4. The zero-order valence-electron chi connectivity index (χ0n) is 17.0. The molecule has 0 aromatic heterocycles. The summed E-state index contributed by atoms with van der Waals surface area (Å²) in [7, 11) is 0. The first kappa shape index (κ1) is 22.7. The van der Waals surface area contributed by atoms with Gasteiger partial charge in [0.2, 0.25) is 0 Å². The summed E-state index contributed by atoms with van der Waals surface area (Å²) in [6.07, 6.45) is 8.64. The third-order valence-corrected chi connectivity index (χ3v) is 5.62. The number of allylic oxidation sites excluding steroid dienone is 1. The number of hydroxylamine groups is 1. The Kier molecular flexibility index (Phi) is 9.83. The number of aliphatic hydroxyl groups is 2. The number of aliphatic carboxylic acids is 1. The molecule has 4 atom stereocenters. The maximum atomic E-state index is 10.5. The summed E-state index contributed by atoms with van der Waals surface area (Å²) in [6, 6.07) is 0. The van der Waals surface area contributed by atoms with Crippen molar-refractivity contribution in [1.82, 2.24) is 5.48 Å². The van der Waals surface area contributed by atoms with E-state index in [1.807, 2.05) is 0 Å². The molecule has 0 radical (unpaired) electrons.